The maximum absolute atomic E-state index is 10.6. The Balaban J connectivity index is 2.57. The van der Waals surface area contributed by atoms with Gasteiger partial charge in [-0.25, -0.2) is 0 Å². The van der Waals surface area contributed by atoms with Crippen molar-refractivity contribution in [2.45, 2.75) is 32.5 Å². The third-order valence-corrected chi connectivity index (χ3v) is 2.50. The lowest BCUT2D eigenvalue weighted by atomic mass is 10.0. The number of nitrogens with one attached hydrogen (secondary N) is 2. The van der Waals surface area contributed by atoms with Crippen LogP contribution < -0.4 is 11.1 Å². The fourth-order valence-electron chi connectivity index (χ4n) is 1.58. The summed E-state index contributed by atoms with van der Waals surface area (Å²) in [5.41, 5.74) is 6.60. The fourth-order valence-corrected chi connectivity index (χ4v) is 1.58. The maximum atomic E-state index is 10.6. The highest BCUT2D eigenvalue weighted by Gasteiger charge is 2.24. The Morgan fingerprint density at radius 1 is 1.59 bits per heavy atom. The average molecular weight is 242 g/mol. The molecule has 1 aromatic rings. The van der Waals surface area contributed by atoms with Gasteiger partial charge in [-0.05, 0) is 13.3 Å². The first-order valence-corrected chi connectivity index (χ1v) is 5.34. The minimum Gasteiger partial charge on any atom is -0.390 e. The van der Waals surface area contributed by atoms with Crippen LogP contribution in [0.3, 0.4) is 0 Å². The van der Waals surface area contributed by atoms with Crippen LogP contribution in [0.5, 0.6) is 0 Å². The third kappa shape index (κ3) is 3.43. The Morgan fingerprint density at radius 2 is 2.24 bits per heavy atom. The van der Waals surface area contributed by atoms with E-state index in [2.05, 4.69) is 15.5 Å². The number of hydrogen-bond donors (Lipinski definition) is 5. The average Bonchev–Trinajstić information content (AvgIpc) is 2.57. The molecule has 0 aromatic carbocycles. The number of anilines is 1. The van der Waals surface area contributed by atoms with Gasteiger partial charge in [-0.2, -0.15) is 5.10 Å². The van der Waals surface area contributed by atoms with E-state index in [1.54, 1.807) is 6.92 Å². The zero-order valence-corrected chi connectivity index (χ0v) is 9.90. The van der Waals surface area contributed by atoms with Gasteiger partial charge in [0.25, 0.3) is 0 Å². The topological polar surface area (TPSA) is 124 Å². The molecule has 7 nitrogen and oxygen atoms in total. The molecule has 7 heteroatoms. The molecule has 0 aliphatic carbocycles. The summed E-state index contributed by atoms with van der Waals surface area (Å²) >= 11 is 0. The summed E-state index contributed by atoms with van der Waals surface area (Å²) < 4.78 is 0. The highest BCUT2D eigenvalue weighted by atomic mass is 16.3. The minimum absolute atomic E-state index is 0.175. The molecule has 1 rings (SSSR count). The summed E-state index contributed by atoms with van der Waals surface area (Å²) in [6.07, 6.45) is -1.87. The number of rotatable bonds is 5. The number of aliphatic hydroxyl groups excluding tert-OH is 2. The molecule has 1 aromatic heterocycles. The zero-order valence-electron chi connectivity index (χ0n) is 9.90. The summed E-state index contributed by atoms with van der Waals surface area (Å²) in [5, 5.41) is 28.6. The summed E-state index contributed by atoms with van der Waals surface area (Å²) in [4.78, 5) is 10.6. The molecule has 0 fully saturated rings. The molecular formula is C10H18N4O3. The van der Waals surface area contributed by atoms with Gasteiger partial charge in [0, 0.05) is 24.7 Å². The molecule has 2 unspecified atom stereocenters. The first-order valence-electron chi connectivity index (χ1n) is 5.34. The Kier molecular flexibility index (Phi) is 4.47. The highest BCUT2D eigenvalue weighted by Crippen LogP contribution is 2.25. The predicted molar refractivity (Wildman–Crippen MR) is 62.0 cm³/mol. The molecule has 0 saturated heterocycles. The van der Waals surface area contributed by atoms with Crippen molar-refractivity contribution in [1.82, 2.24) is 15.5 Å². The van der Waals surface area contributed by atoms with Crippen LogP contribution in [0.2, 0.25) is 0 Å². The van der Waals surface area contributed by atoms with Crippen molar-refractivity contribution in [2.75, 3.05) is 12.3 Å². The van der Waals surface area contributed by atoms with E-state index in [0.29, 0.717) is 17.8 Å². The first kappa shape index (κ1) is 13.5. The third-order valence-electron chi connectivity index (χ3n) is 2.50. The number of aromatic amines is 1. The van der Waals surface area contributed by atoms with Crippen molar-refractivity contribution in [3.8, 4) is 0 Å². The maximum Gasteiger partial charge on any atom is 0.216 e. The molecule has 0 aliphatic heterocycles. The number of aromatic nitrogens is 2. The summed E-state index contributed by atoms with van der Waals surface area (Å²) in [6.45, 7) is 3.40. The van der Waals surface area contributed by atoms with E-state index in [1.165, 1.54) is 6.92 Å². The van der Waals surface area contributed by atoms with Crippen LogP contribution in [-0.2, 0) is 4.79 Å². The monoisotopic (exact) mass is 242 g/mol. The van der Waals surface area contributed by atoms with Crippen LogP contribution in [0.4, 0.5) is 5.82 Å². The lowest BCUT2D eigenvalue weighted by molar-refractivity contribution is -0.119. The van der Waals surface area contributed by atoms with E-state index in [1.807, 2.05) is 0 Å². The van der Waals surface area contributed by atoms with E-state index < -0.39 is 12.2 Å². The molecule has 17 heavy (non-hydrogen) atoms. The Hall–Kier alpha value is -1.60. The van der Waals surface area contributed by atoms with E-state index in [4.69, 9.17) is 5.73 Å². The number of aryl methyl sites for hydroxylation is 1. The summed E-state index contributed by atoms with van der Waals surface area (Å²) in [6, 6.07) is 0. The van der Waals surface area contributed by atoms with Gasteiger partial charge < -0.3 is 21.3 Å². The molecule has 2 atom stereocenters. The van der Waals surface area contributed by atoms with Crippen LogP contribution in [0, 0.1) is 6.92 Å². The predicted octanol–water partition coefficient (Wildman–Crippen LogP) is -0.779. The largest absolute Gasteiger partial charge is 0.390 e. The number of nitrogen functional groups attached to an aromatic ring is 1. The van der Waals surface area contributed by atoms with Crippen molar-refractivity contribution in [3.05, 3.63) is 11.3 Å². The molecule has 96 valence electrons. The van der Waals surface area contributed by atoms with E-state index in [0.717, 1.165) is 0 Å². The molecule has 0 saturated carbocycles. The Labute approximate surface area is 99.0 Å². The van der Waals surface area contributed by atoms with Gasteiger partial charge in [-0.15, -0.1) is 0 Å². The van der Waals surface area contributed by atoms with E-state index in [9.17, 15) is 15.0 Å². The Morgan fingerprint density at radius 3 is 2.71 bits per heavy atom. The van der Waals surface area contributed by atoms with Crippen LogP contribution in [0.15, 0.2) is 0 Å². The molecule has 1 amide bonds. The van der Waals surface area contributed by atoms with Crippen molar-refractivity contribution < 1.29 is 15.0 Å². The molecule has 0 bridgehead atoms. The van der Waals surface area contributed by atoms with Crippen molar-refractivity contribution in [3.63, 3.8) is 0 Å². The lowest BCUT2D eigenvalue weighted by Gasteiger charge is -2.18. The number of nitrogens with two attached hydrogens (primary N) is 1. The molecule has 0 aliphatic rings. The molecule has 6 N–H and O–H groups in total. The van der Waals surface area contributed by atoms with Crippen LogP contribution in [0.1, 0.15) is 30.7 Å². The molecular weight excluding hydrogens is 224 g/mol. The highest BCUT2D eigenvalue weighted by molar-refractivity contribution is 5.72. The lowest BCUT2D eigenvalue weighted by Crippen LogP contribution is -2.28. The van der Waals surface area contributed by atoms with Gasteiger partial charge in [0.15, 0.2) is 5.82 Å². The summed E-state index contributed by atoms with van der Waals surface area (Å²) in [7, 11) is 0. The number of carbonyl (C=O) groups excluding carboxylic acids is 1. The smallest absolute Gasteiger partial charge is 0.216 e. The standard InChI is InChI=1S/C10H18N4O3/c1-5-8(10(11)14-13-5)9(17)7(16)3-4-12-6(2)15/h7,9,16-17H,3-4H2,1-2H3,(H,12,15)(H3,11,13,14). The van der Waals surface area contributed by atoms with E-state index in [-0.39, 0.29) is 18.1 Å². The summed E-state index contributed by atoms with van der Waals surface area (Å²) in [5.74, 6) is -0.000674. The van der Waals surface area contributed by atoms with Crippen LogP contribution in [0.25, 0.3) is 0 Å². The van der Waals surface area contributed by atoms with Gasteiger partial charge >= 0.3 is 0 Å². The number of amides is 1. The second-order valence-corrected chi connectivity index (χ2v) is 3.93. The number of aliphatic hydroxyl groups is 2. The van der Waals surface area contributed by atoms with Crippen LogP contribution >= 0.6 is 0 Å². The van der Waals surface area contributed by atoms with Crippen molar-refractivity contribution in [1.29, 1.82) is 0 Å². The molecule has 1 heterocycles. The minimum atomic E-state index is -1.11. The second kappa shape index (κ2) is 5.65. The number of nitrogens with zero attached hydrogens (tertiary/aromatic N) is 1. The van der Waals surface area contributed by atoms with Crippen molar-refractivity contribution in [2.24, 2.45) is 0 Å². The number of carbonyl (C=O) groups is 1. The van der Waals surface area contributed by atoms with Gasteiger partial charge in [0.05, 0.1) is 6.10 Å². The first-order chi connectivity index (χ1) is 7.93. The second-order valence-electron chi connectivity index (χ2n) is 3.93. The van der Waals surface area contributed by atoms with E-state index >= 15 is 0 Å². The van der Waals surface area contributed by atoms with Crippen LogP contribution in [-0.4, -0.2) is 39.0 Å². The quantitative estimate of drug-likeness (QED) is 0.463. The Bertz CT molecular complexity index is 371. The fraction of sp³-hybridized carbons (Fsp3) is 0.600. The number of hydrogen-bond acceptors (Lipinski definition) is 5. The zero-order chi connectivity index (χ0) is 13.0. The normalized spacial score (nSPS) is 14.4. The van der Waals surface area contributed by atoms with Gasteiger partial charge in [-0.3, -0.25) is 9.89 Å². The molecule has 0 radical (unpaired) electrons. The number of H-pyrrole nitrogens is 1. The van der Waals surface area contributed by atoms with Crippen molar-refractivity contribution >= 4 is 11.7 Å². The van der Waals surface area contributed by atoms with Gasteiger partial charge in [-0.1, -0.05) is 0 Å². The molecule has 0 spiro atoms. The van der Waals surface area contributed by atoms with Gasteiger partial charge in [0.2, 0.25) is 5.91 Å². The SMILES string of the molecule is CC(=O)NCCC(O)C(O)c1c(N)n[nH]c1C. The van der Waals surface area contributed by atoms with Gasteiger partial charge in [0.1, 0.15) is 6.10 Å².